The molecule has 2 aromatic carbocycles. The monoisotopic (exact) mass is 468 g/mol. The van der Waals surface area contributed by atoms with Gasteiger partial charge in [-0.1, -0.05) is 18.2 Å². The fourth-order valence-corrected chi connectivity index (χ4v) is 4.37. The molecule has 2 N–H and O–H groups in total. The van der Waals surface area contributed by atoms with E-state index in [0.29, 0.717) is 29.1 Å². The Hall–Kier alpha value is -3.59. The Labute approximate surface area is 198 Å². The Bertz CT molecular complexity index is 1060. The van der Waals surface area contributed by atoms with Crippen LogP contribution in [0.5, 0.6) is 5.75 Å². The molecule has 0 radical (unpaired) electrons. The number of urea groups is 1. The summed E-state index contributed by atoms with van der Waals surface area (Å²) in [5.74, 6) is -0.165. The highest BCUT2D eigenvalue weighted by molar-refractivity contribution is 5.95. The molecule has 8 nitrogen and oxygen atoms in total. The second-order valence-electron chi connectivity index (χ2n) is 8.13. The first kappa shape index (κ1) is 23.6. The summed E-state index contributed by atoms with van der Waals surface area (Å²) in [5, 5.41) is 5.68. The molecule has 1 fully saturated rings. The zero-order valence-electron chi connectivity index (χ0n) is 19.3. The van der Waals surface area contributed by atoms with Gasteiger partial charge >= 0.3 is 12.0 Å². The third kappa shape index (κ3) is 5.14. The van der Waals surface area contributed by atoms with Gasteiger partial charge < -0.3 is 25.0 Å². The SMILES string of the molecule is CCOC(=O)C1=C(CN2CCN(c3ccc(F)cc3)CC2)NC(=O)NC1c1ccccc1OC. The number of nitrogens with one attached hydrogen (secondary N) is 2. The lowest BCUT2D eigenvalue weighted by Crippen LogP contribution is -2.51. The highest BCUT2D eigenvalue weighted by Gasteiger charge is 2.36. The van der Waals surface area contributed by atoms with Crippen molar-refractivity contribution >= 4 is 17.7 Å². The molecule has 34 heavy (non-hydrogen) atoms. The minimum Gasteiger partial charge on any atom is -0.496 e. The van der Waals surface area contributed by atoms with Crippen LogP contribution in [0.2, 0.25) is 0 Å². The summed E-state index contributed by atoms with van der Waals surface area (Å²) in [6.45, 7) is 5.30. The summed E-state index contributed by atoms with van der Waals surface area (Å²) in [5.41, 5.74) is 2.54. The molecule has 2 amide bonds. The van der Waals surface area contributed by atoms with E-state index in [-0.39, 0.29) is 18.5 Å². The van der Waals surface area contributed by atoms with Gasteiger partial charge in [0, 0.05) is 49.7 Å². The van der Waals surface area contributed by atoms with Crippen LogP contribution in [0.4, 0.5) is 14.9 Å². The number of carbonyl (C=O) groups excluding carboxylic acids is 2. The normalized spacial score (nSPS) is 18.9. The largest absolute Gasteiger partial charge is 0.496 e. The number of halogens is 1. The smallest absolute Gasteiger partial charge is 0.338 e. The third-order valence-corrected chi connectivity index (χ3v) is 6.04. The summed E-state index contributed by atoms with van der Waals surface area (Å²) in [6, 6.07) is 12.7. The van der Waals surface area contributed by atoms with E-state index in [1.165, 1.54) is 12.1 Å². The van der Waals surface area contributed by atoms with Gasteiger partial charge in [-0.2, -0.15) is 0 Å². The van der Waals surface area contributed by atoms with Crippen molar-refractivity contribution in [2.45, 2.75) is 13.0 Å². The molecule has 2 aromatic rings. The van der Waals surface area contributed by atoms with E-state index in [2.05, 4.69) is 20.4 Å². The van der Waals surface area contributed by atoms with Crippen molar-refractivity contribution in [3.05, 3.63) is 71.2 Å². The Kier molecular flexibility index (Phi) is 7.32. The highest BCUT2D eigenvalue weighted by atomic mass is 19.1. The summed E-state index contributed by atoms with van der Waals surface area (Å²) in [6.07, 6.45) is 0. The molecule has 2 aliphatic heterocycles. The predicted octanol–water partition coefficient (Wildman–Crippen LogP) is 2.83. The van der Waals surface area contributed by atoms with Crippen LogP contribution in [0.1, 0.15) is 18.5 Å². The zero-order valence-corrected chi connectivity index (χ0v) is 19.3. The van der Waals surface area contributed by atoms with E-state index < -0.39 is 12.0 Å². The number of hydrogen-bond donors (Lipinski definition) is 2. The van der Waals surface area contributed by atoms with Gasteiger partial charge in [-0.3, -0.25) is 4.90 Å². The number of anilines is 1. The first-order valence-corrected chi connectivity index (χ1v) is 11.3. The van der Waals surface area contributed by atoms with Crippen LogP contribution in [0, 0.1) is 5.82 Å². The van der Waals surface area contributed by atoms with Crippen molar-refractivity contribution in [1.82, 2.24) is 15.5 Å². The highest BCUT2D eigenvalue weighted by Crippen LogP contribution is 2.33. The fraction of sp³-hybridized carbons (Fsp3) is 0.360. The van der Waals surface area contributed by atoms with E-state index in [0.717, 1.165) is 31.9 Å². The number of benzene rings is 2. The van der Waals surface area contributed by atoms with Gasteiger partial charge in [0.15, 0.2) is 0 Å². The molecule has 1 atom stereocenters. The first-order valence-electron chi connectivity index (χ1n) is 11.3. The van der Waals surface area contributed by atoms with E-state index in [9.17, 15) is 14.0 Å². The van der Waals surface area contributed by atoms with Gasteiger partial charge in [0.1, 0.15) is 11.6 Å². The van der Waals surface area contributed by atoms with E-state index in [4.69, 9.17) is 9.47 Å². The minimum absolute atomic E-state index is 0.221. The quantitative estimate of drug-likeness (QED) is 0.608. The topological polar surface area (TPSA) is 83.1 Å². The number of amides is 2. The molecule has 2 aliphatic rings. The molecule has 0 bridgehead atoms. The average molecular weight is 469 g/mol. The van der Waals surface area contributed by atoms with E-state index in [1.807, 2.05) is 18.2 Å². The Balaban J connectivity index is 1.57. The lowest BCUT2D eigenvalue weighted by Gasteiger charge is -2.38. The number of esters is 1. The maximum absolute atomic E-state index is 13.2. The Morgan fingerprint density at radius 2 is 1.79 bits per heavy atom. The van der Waals surface area contributed by atoms with Crippen molar-refractivity contribution in [2.75, 3.05) is 51.3 Å². The van der Waals surface area contributed by atoms with Crippen LogP contribution in [-0.2, 0) is 9.53 Å². The second kappa shape index (κ2) is 10.6. The molecule has 2 heterocycles. The van der Waals surface area contributed by atoms with Crippen LogP contribution in [-0.4, -0.2) is 63.3 Å². The Morgan fingerprint density at radius 3 is 2.47 bits per heavy atom. The number of ether oxygens (including phenoxy) is 2. The lowest BCUT2D eigenvalue weighted by molar-refractivity contribution is -0.139. The third-order valence-electron chi connectivity index (χ3n) is 6.04. The van der Waals surface area contributed by atoms with Crippen molar-refractivity contribution in [3.63, 3.8) is 0 Å². The molecule has 0 aliphatic carbocycles. The van der Waals surface area contributed by atoms with Crippen LogP contribution < -0.4 is 20.3 Å². The van der Waals surface area contributed by atoms with Gasteiger partial charge in [0.05, 0.1) is 25.3 Å². The molecule has 0 saturated carbocycles. The molecule has 1 unspecified atom stereocenters. The molecule has 9 heteroatoms. The van der Waals surface area contributed by atoms with E-state index >= 15 is 0 Å². The number of methoxy groups -OCH3 is 1. The van der Waals surface area contributed by atoms with Gasteiger partial charge in [-0.25, -0.2) is 14.0 Å². The molecule has 4 rings (SSSR count). The molecule has 1 saturated heterocycles. The zero-order chi connectivity index (χ0) is 24.1. The predicted molar refractivity (Wildman–Crippen MR) is 126 cm³/mol. The first-order chi connectivity index (χ1) is 16.5. The number of nitrogens with zero attached hydrogens (tertiary/aromatic N) is 2. The van der Waals surface area contributed by atoms with Crippen LogP contribution in [0.25, 0.3) is 0 Å². The summed E-state index contributed by atoms with van der Waals surface area (Å²) >= 11 is 0. The number of piperazine rings is 1. The van der Waals surface area contributed by atoms with Crippen molar-refractivity contribution < 1.29 is 23.5 Å². The summed E-state index contributed by atoms with van der Waals surface area (Å²) in [7, 11) is 1.55. The molecule has 0 aromatic heterocycles. The minimum atomic E-state index is -0.695. The number of carbonyl (C=O) groups is 2. The lowest BCUT2D eigenvalue weighted by atomic mass is 9.94. The molecule has 0 spiro atoms. The van der Waals surface area contributed by atoms with Crippen molar-refractivity contribution in [3.8, 4) is 5.75 Å². The standard InChI is InChI=1S/C25H29FN4O4/c1-3-34-24(31)22-20(27-25(32)28-23(22)19-6-4-5-7-21(19)33-2)16-29-12-14-30(15-13-29)18-10-8-17(26)9-11-18/h4-11,23H,3,12-16H2,1-2H3,(H2,27,28,32). The van der Waals surface area contributed by atoms with Crippen LogP contribution in [0.3, 0.4) is 0 Å². The van der Waals surface area contributed by atoms with Crippen LogP contribution in [0.15, 0.2) is 59.8 Å². The van der Waals surface area contributed by atoms with Crippen molar-refractivity contribution in [1.29, 1.82) is 0 Å². The molecular formula is C25H29FN4O4. The molecular weight excluding hydrogens is 439 g/mol. The summed E-state index contributed by atoms with van der Waals surface area (Å²) < 4.78 is 24.1. The fourth-order valence-electron chi connectivity index (χ4n) is 4.37. The second-order valence-corrected chi connectivity index (χ2v) is 8.13. The molecule has 180 valence electrons. The van der Waals surface area contributed by atoms with Crippen molar-refractivity contribution in [2.24, 2.45) is 0 Å². The maximum Gasteiger partial charge on any atom is 0.338 e. The number of rotatable bonds is 7. The average Bonchev–Trinajstić information content (AvgIpc) is 2.85. The van der Waals surface area contributed by atoms with Gasteiger partial charge in [-0.05, 0) is 37.3 Å². The number of para-hydroxylation sites is 1. The van der Waals surface area contributed by atoms with E-state index in [1.54, 1.807) is 32.2 Å². The number of hydrogen-bond acceptors (Lipinski definition) is 6. The summed E-state index contributed by atoms with van der Waals surface area (Å²) in [4.78, 5) is 30.0. The van der Waals surface area contributed by atoms with Gasteiger partial charge in [-0.15, -0.1) is 0 Å². The Morgan fingerprint density at radius 1 is 1.09 bits per heavy atom. The van der Waals surface area contributed by atoms with Gasteiger partial charge in [0.25, 0.3) is 0 Å². The maximum atomic E-state index is 13.2. The van der Waals surface area contributed by atoms with Crippen LogP contribution >= 0.6 is 0 Å². The van der Waals surface area contributed by atoms with Gasteiger partial charge in [0.2, 0.25) is 0 Å².